The lowest BCUT2D eigenvalue weighted by Gasteiger charge is -2.35. The zero-order valence-electron chi connectivity index (χ0n) is 15.4. The number of ether oxygens (including phenoxy) is 1. The largest absolute Gasteiger partial charge is 0.484 e. The van der Waals surface area contributed by atoms with Crippen LogP contribution in [0.15, 0.2) is 42.9 Å². The molecule has 7 nitrogen and oxygen atoms in total. The zero-order valence-corrected chi connectivity index (χ0v) is 15.4. The van der Waals surface area contributed by atoms with Gasteiger partial charge in [-0.05, 0) is 48.9 Å². The van der Waals surface area contributed by atoms with Crippen LogP contribution in [0, 0.1) is 17.7 Å². The molecule has 8 heteroatoms. The molecule has 1 amide bonds. The minimum Gasteiger partial charge on any atom is -0.484 e. The van der Waals surface area contributed by atoms with E-state index in [1.807, 2.05) is 0 Å². The van der Waals surface area contributed by atoms with Gasteiger partial charge in [0.1, 0.15) is 17.4 Å². The Morgan fingerprint density at radius 2 is 1.96 bits per heavy atom. The maximum absolute atomic E-state index is 12.9. The summed E-state index contributed by atoms with van der Waals surface area (Å²) >= 11 is 0. The summed E-state index contributed by atoms with van der Waals surface area (Å²) in [5, 5.41) is 13.8. The third kappa shape index (κ3) is 4.22. The van der Waals surface area contributed by atoms with E-state index in [4.69, 9.17) is 4.74 Å². The molecule has 2 N–H and O–H groups in total. The SMILES string of the molecule is O=C(COc1ccc(F)cc1)N1C[C@H]2C[C@@H](Nc3cnccn3)[C@H](O)C[C@H]2C1. The van der Waals surface area contributed by atoms with Crippen LogP contribution >= 0.6 is 0 Å². The molecule has 4 rings (SSSR count). The molecule has 1 aromatic carbocycles. The second-order valence-corrected chi connectivity index (χ2v) is 7.44. The van der Waals surface area contributed by atoms with Gasteiger partial charge in [-0.3, -0.25) is 9.78 Å². The normalized spacial score (nSPS) is 26.6. The van der Waals surface area contributed by atoms with Crippen molar-refractivity contribution in [2.45, 2.75) is 25.0 Å². The van der Waals surface area contributed by atoms with Crippen LogP contribution in [-0.2, 0) is 4.79 Å². The Morgan fingerprint density at radius 1 is 1.21 bits per heavy atom. The van der Waals surface area contributed by atoms with E-state index in [0.29, 0.717) is 37.0 Å². The number of carbonyl (C=O) groups is 1. The fourth-order valence-corrected chi connectivity index (χ4v) is 4.12. The maximum atomic E-state index is 12.9. The number of hydrogen-bond acceptors (Lipinski definition) is 6. The van der Waals surface area contributed by atoms with Crippen molar-refractivity contribution >= 4 is 11.7 Å². The third-order valence-electron chi connectivity index (χ3n) is 5.57. The first kappa shape index (κ1) is 18.6. The maximum Gasteiger partial charge on any atom is 0.260 e. The Labute approximate surface area is 162 Å². The lowest BCUT2D eigenvalue weighted by Crippen LogP contribution is -2.43. The van der Waals surface area contributed by atoms with Crippen LogP contribution in [-0.4, -0.2) is 57.7 Å². The number of nitrogens with one attached hydrogen (secondary N) is 1. The minimum absolute atomic E-state index is 0.0745. The molecule has 2 aliphatic rings. The summed E-state index contributed by atoms with van der Waals surface area (Å²) in [6.45, 7) is 1.21. The van der Waals surface area contributed by atoms with Gasteiger partial charge in [-0.1, -0.05) is 0 Å². The van der Waals surface area contributed by atoms with E-state index < -0.39 is 6.10 Å². The molecule has 2 fully saturated rings. The monoisotopic (exact) mass is 386 g/mol. The van der Waals surface area contributed by atoms with Crippen LogP contribution < -0.4 is 10.1 Å². The number of aliphatic hydroxyl groups is 1. The predicted molar refractivity (Wildman–Crippen MR) is 100 cm³/mol. The number of amides is 1. The van der Waals surface area contributed by atoms with Gasteiger partial charge in [-0.25, -0.2) is 9.37 Å². The Bertz CT molecular complexity index is 805. The highest BCUT2D eigenvalue weighted by Crippen LogP contribution is 2.37. The third-order valence-corrected chi connectivity index (χ3v) is 5.57. The highest BCUT2D eigenvalue weighted by Gasteiger charge is 2.43. The molecule has 1 saturated carbocycles. The van der Waals surface area contributed by atoms with Crippen molar-refractivity contribution in [2.75, 3.05) is 25.0 Å². The minimum atomic E-state index is -0.492. The number of nitrogens with zero attached hydrogens (tertiary/aromatic N) is 3. The summed E-state index contributed by atoms with van der Waals surface area (Å²) in [4.78, 5) is 22.6. The van der Waals surface area contributed by atoms with Gasteiger partial charge in [0.25, 0.3) is 5.91 Å². The van der Waals surface area contributed by atoms with Crippen molar-refractivity contribution in [2.24, 2.45) is 11.8 Å². The second kappa shape index (κ2) is 8.10. The molecule has 2 heterocycles. The van der Waals surface area contributed by atoms with Gasteiger partial charge in [-0.2, -0.15) is 0 Å². The van der Waals surface area contributed by atoms with Crippen molar-refractivity contribution in [3.63, 3.8) is 0 Å². The number of anilines is 1. The van der Waals surface area contributed by atoms with E-state index in [2.05, 4.69) is 15.3 Å². The van der Waals surface area contributed by atoms with Crippen molar-refractivity contribution in [3.05, 3.63) is 48.7 Å². The predicted octanol–water partition coefficient (Wildman–Crippen LogP) is 1.70. The second-order valence-electron chi connectivity index (χ2n) is 7.44. The summed E-state index contributed by atoms with van der Waals surface area (Å²) < 4.78 is 18.4. The highest BCUT2D eigenvalue weighted by molar-refractivity contribution is 5.78. The van der Waals surface area contributed by atoms with Gasteiger partial charge >= 0.3 is 0 Å². The number of aliphatic hydroxyl groups excluding tert-OH is 1. The molecule has 4 atom stereocenters. The van der Waals surface area contributed by atoms with Crippen LogP contribution in [0.1, 0.15) is 12.8 Å². The Morgan fingerprint density at radius 3 is 2.68 bits per heavy atom. The first-order valence-electron chi connectivity index (χ1n) is 9.45. The smallest absolute Gasteiger partial charge is 0.260 e. The van der Waals surface area contributed by atoms with Crippen molar-refractivity contribution in [3.8, 4) is 5.75 Å². The standard InChI is InChI=1S/C20H23FN4O3/c21-15-1-3-16(4-2-15)28-12-20(27)25-10-13-7-17(18(26)8-14(13)11-25)24-19-9-22-5-6-23-19/h1-6,9,13-14,17-18,26H,7-8,10-12H2,(H,23,24)/t13-,14+,17-,18-/m1/s1. The number of hydrogen-bond donors (Lipinski definition) is 2. The van der Waals surface area contributed by atoms with Crippen LogP contribution in [0.3, 0.4) is 0 Å². The average molecular weight is 386 g/mol. The lowest BCUT2D eigenvalue weighted by atomic mass is 9.77. The first-order chi connectivity index (χ1) is 13.6. The Balaban J connectivity index is 1.31. The molecule has 1 aromatic heterocycles. The van der Waals surface area contributed by atoms with Gasteiger partial charge < -0.3 is 20.1 Å². The topological polar surface area (TPSA) is 87.6 Å². The van der Waals surface area contributed by atoms with Crippen LogP contribution in [0.2, 0.25) is 0 Å². The molecule has 148 valence electrons. The molecule has 1 saturated heterocycles. The fraction of sp³-hybridized carbons (Fsp3) is 0.450. The van der Waals surface area contributed by atoms with E-state index in [1.54, 1.807) is 23.5 Å². The number of fused-ring (bicyclic) bond motifs is 1. The van der Waals surface area contributed by atoms with E-state index in [0.717, 1.165) is 6.42 Å². The molecule has 0 bridgehead atoms. The summed E-state index contributed by atoms with van der Waals surface area (Å²) in [5.74, 6) is 1.29. The molecule has 1 aliphatic heterocycles. The average Bonchev–Trinajstić information content (AvgIpc) is 3.11. The van der Waals surface area contributed by atoms with Crippen molar-refractivity contribution in [1.29, 1.82) is 0 Å². The molecular formula is C20H23FN4O3. The number of benzene rings is 1. The van der Waals surface area contributed by atoms with E-state index in [-0.39, 0.29) is 30.3 Å². The molecule has 0 spiro atoms. The van der Waals surface area contributed by atoms with Crippen LogP contribution in [0.25, 0.3) is 0 Å². The van der Waals surface area contributed by atoms with Crippen molar-refractivity contribution in [1.82, 2.24) is 14.9 Å². The molecule has 28 heavy (non-hydrogen) atoms. The van der Waals surface area contributed by atoms with Gasteiger partial charge in [0.05, 0.1) is 18.3 Å². The Kier molecular flexibility index (Phi) is 5.38. The highest BCUT2D eigenvalue weighted by atomic mass is 19.1. The van der Waals surface area contributed by atoms with E-state index in [1.165, 1.54) is 24.3 Å². The molecule has 2 aromatic rings. The summed E-state index contributed by atoms with van der Waals surface area (Å²) in [6, 6.07) is 5.51. The van der Waals surface area contributed by atoms with Crippen LogP contribution in [0.5, 0.6) is 5.75 Å². The number of aromatic nitrogens is 2. The number of halogens is 1. The van der Waals surface area contributed by atoms with Gasteiger partial charge in [0.15, 0.2) is 6.61 Å². The summed E-state index contributed by atoms with van der Waals surface area (Å²) in [5.41, 5.74) is 0. The van der Waals surface area contributed by atoms with Crippen LogP contribution in [0.4, 0.5) is 10.2 Å². The summed E-state index contributed by atoms with van der Waals surface area (Å²) in [6.07, 6.45) is 5.77. The lowest BCUT2D eigenvalue weighted by molar-refractivity contribution is -0.132. The number of rotatable bonds is 5. The Hall–Kier alpha value is -2.74. The van der Waals surface area contributed by atoms with E-state index in [9.17, 15) is 14.3 Å². The summed E-state index contributed by atoms with van der Waals surface area (Å²) in [7, 11) is 0. The number of likely N-dealkylation sites (tertiary alicyclic amines) is 1. The van der Waals surface area contributed by atoms with Gasteiger partial charge in [0.2, 0.25) is 0 Å². The molecule has 0 unspecified atom stereocenters. The fourth-order valence-electron chi connectivity index (χ4n) is 4.12. The van der Waals surface area contributed by atoms with Gasteiger partial charge in [-0.15, -0.1) is 0 Å². The van der Waals surface area contributed by atoms with Gasteiger partial charge in [0, 0.05) is 25.5 Å². The quantitative estimate of drug-likeness (QED) is 0.813. The number of carbonyl (C=O) groups excluding carboxylic acids is 1. The molecule has 0 radical (unpaired) electrons. The van der Waals surface area contributed by atoms with E-state index >= 15 is 0 Å². The molecule has 1 aliphatic carbocycles. The first-order valence-corrected chi connectivity index (χ1v) is 9.45. The zero-order chi connectivity index (χ0) is 19.5. The molecular weight excluding hydrogens is 363 g/mol. The van der Waals surface area contributed by atoms with Crippen molar-refractivity contribution < 1.29 is 19.0 Å².